The summed E-state index contributed by atoms with van der Waals surface area (Å²) in [6.07, 6.45) is 5.80. The number of benzene rings is 2. The van der Waals surface area contributed by atoms with E-state index in [1.807, 2.05) is 51.1 Å². The first kappa shape index (κ1) is 28.4. The van der Waals surface area contributed by atoms with Gasteiger partial charge in [0.1, 0.15) is 17.8 Å². The highest BCUT2D eigenvalue weighted by atomic mass is 16.5. The first-order chi connectivity index (χ1) is 16.3. The summed E-state index contributed by atoms with van der Waals surface area (Å²) in [5, 5.41) is 24.3. The fourth-order valence-electron chi connectivity index (χ4n) is 3.30. The predicted molar refractivity (Wildman–Crippen MR) is 136 cm³/mol. The lowest BCUT2D eigenvalue weighted by Crippen LogP contribution is -2.16. The number of carbonyl (C=O) groups excluding carboxylic acids is 1. The zero-order valence-electron chi connectivity index (χ0n) is 20.9. The van der Waals surface area contributed by atoms with Crippen LogP contribution < -0.4 is 10.4 Å². The average Bonchev–Trinajstić information content (AvgIpc) is 3.21. The van der Waals surface area contributed by atoms with Crippen LogP contribution in [0.1, 0.15) is 56.7 Å². The van der Waals surface area contributed by atoms with Crippen molar-refractivity contribution in [2.45, 2.75) is 47.0 Å². The maximum Gasteiger partial charge on any atom is 0.348 e. The molecule has 3 rings (SSSR count). The molecule has 3 N–H and O–H groups in total. The fourth-order valence-corrected chi connectivity index (χ4v) is 3.30. The SMILES string of the molecule is CC/C=C\c1cc(-n2c(-c3cc(C(C)C)c(OC)cc3O)n[nH]c2=O)ccc1C.CC=O.CO. The lowest BCUT2D eigenvalue weighted by molar-refractivity contribution is -0.106. The maximum absolute atomic E-state index is 12.6. The second kappa shape index (κ2) is 13.8. The molecular weight excluding hydrogens is 434 g/mol. The molecule has 0 fully saturated rings. The van der Waals surface area contributed by atoms with Gasteiger partial charge in [0.2, 0.25) is 0 Å². The molecule has 3 aromatic rings. The number of nitrogens with zero attached hydrogens (tertiary/aromatic N) is 2. The number of H-pyrrole nitrogens is 1. The van der Waals surface area contributed by atoms with Gasteiger partial charge in [0.05, 0.1) is 18.4 Å². The molecule has 0 radical (unpaired) electrons. The van der Waals surface area contributed by atoms with Crippen LogP contribution in [0.3, 0.4) is 0 Å². The zero-order chi connectivity index (χ0) is 25.8. The summed E-state index contributed by atoms with van der Waals surface area (Å²) < 4.78 is 6.88. The molecule has 0 aliphatic carbocycles. The number of aromatic nitrogens is 3. The molecule has 0 unspecified atom stereocenters. The van der Waals surface area contributed by atoms with E-state index in [0.717, 1.165) is 36.5 Å². The molecule has 8 nitrogen and oxygen atoms in total. The van der Waals surface area contributed by atoms with Crippen molar-refractivity contribution < 1.29 is 19.7 Å². The highest BCUT2D eigenvalue weighted by molar-refractivity contribution is 5.70. The maximum atomic E-state index is 12.6. The van der Waals surface area contributed by atoms with Crippen molar-refractivity contribution >= 4 is 12.4 Å². The van der Waals surface area contributed by atoms with Gasteiger partial charge in [-0.15, -0.1) is 0 Å². The van der Waals surface area contributed by atoms with E-state index in [9.17, 15) is 9.90 Å². The fraction of sp³-hybridized carbons (Fsp3) is 0.346. The predicted octanol–water partition coefficient (Wildman–Crippen LogP) is 4.61. The van der Waals surface area contributed by atoms with Crippen molar-refractivity contribution in [1.29, 1.82) is 0 Å². The molecule has 0 spiro atoms. The largest absolute Gasteiger partial charge is 0.507 e. The third kappa shape index (κ3) is 6.68. The van der Waals surface area contributed by atoms with Crippen LogP contribution in [-0.4, -0.2) is 45.5 Å². The van der Waals surface area contributed by atoms with E-state index >= 15 is 0 Å². The topological polar surface area (TPSA) is 117 Å². The molecule has 0 amide bonds. The lowest BCUT2D eigenvalue weighted by atomic mass is 9.98. The number of ether oxygens (including phenoxy) is 1. The van der Waals surface area contributed by atoms with Crippen molar-refractivity contribution in [3.8, 4) is 28.6 Å². The Bertz CT molecular complexity index is 1160. The highest BCUT2D eigenvalue weighted by Crippen LogP contribution is 2.37. The van der Waals surface area contributed by atoms with Crippen LogP contribution in [0.2, 0.25) is 0 Å². The Morgan fingerprint density at radius 3 is 2.41 bits per heavy atom. The van der Waals surface area contributed by atoms with Gasteiger partial charge < -0.3 is 19.7 Å². The van der Waals surface area contributed by atoms with Crippen molar-refractivity contribution in [2.75, 3.05) is 14.2 Å². The number of carbonyl (C=O) groups is 1. The Kier molecular flexibility index (Phi) is 11.5. The Balaban J connectivity index is 0.00000107. The van der Waals surface area contributed by atoms with E-state index in [2.05, 4.69) is 23.2 Å². The van der Waals surface area contributed by atoms with Crippen molar-refractivity contribution in [2.24, 2.45) is 0 Å². The Hall–Kier alpha value is -3.65. The van der Waals surface area contributed by atoms with Crippen LogP contribution >= 0.6 is 0 Å². The zero-order valence-corrected chi connectivity index (χ0v) is 20.9. The Labute approximate surface area is 200 Å². The van der Waals surface area contributed by atoms with Crippen LogP contribution in [0.15, 0.2) is 41.2 Å². The van der Waals surface area contributed by atoms with Gasteiger partial charge in [0, 0.05) is 13.2 Å². The van der Waals surface area contributed by atoms with Crippen molar-refractivity contribution in [3.05, 3.63) is 63.6 Å². The van der Waals surface area contributed by atoms with Gasteiger partial charge in [-0.05, 0) is 61.1 Å². The number of aldehydes is 1. The number of nitrogens with one attached hydrogen (secondary N) is 1. The molecule has 34 heavy (non-hydrogen) atoms. The Morgan fingerprint density at radius 1 is 1.21 bits per heavy atom. The molecule has 0 atom stereocenters. The number of methoxy groups -OCH3 is 1. The first-order valence-corrected chi connectivity index (χ1v) is 11.0. The molecule has 2 aromatic carbocycles. The second-order valence-electron chi connectivity index (χ2n) is 7.54. The minimum atomic E-state index is -0.365. The smallest absolute Gasteiger partial charge is 0.348 e. The minimum Gasteiger partial charge on any atom is -0.507 e. The molecule has 8 heteroatoms. The van der Waals surface area contributed by atoms with E-state index < -0.39 is 0 Å². The standard InChI is InChI=1S/C23H27N3O3.C2H4O.CH4O/c1-6-7-8-16-11-17(10-9-15(16)4)26-22(24-25-23(26)28)19-12-18(14(2)3)21(29-5)13-20(19)27;1-2-3;1-2/h7-14,27H,6H2,1-5H3,(H,25,28);2H,1H3;2H,1H3/b8-7-;;. The summed E-state index contributed by atoms with van der Waals surface area (Å²) in [5.74, 6) is 1.14. The number of aliphatic hydroxyl groups is 1. The molecule has 184 valence electrons. The monoisotopic (exact) mass is 469 g/mol. The summed E-state index contributed by atoms with van der Waals surface area (Å²) >= 11 is 0. The molecule has 0 saturated carbocycles. The number of hydrogen-bond donors (Lipinski definition) is 3. The number of phenols is 1. The van der Waals surface area contributed by atoms with Crippen LogP contribution in [0, 0.1) is 6.92 Å². The van der Waals surface area contributed by atoms with E-state index in [1.54, 1.807) is 13.2 Å². The van der Waals surface area contributed by atoms with Gasteiger partial charge >= 0.3 is 5.69 Å². The van der Waals surface area contributed by atoms with Gasteiger partial charge in [-0.25, -0.2) is 14.5 Å². The Morgan fingerprint density at radius 2 is 1.85 bits per heavy atom. The van der Waals surface area contributed by atoms with Crippen LogP contribution in [-0.2, 0) is 4.79 Å². The lowest BCUT2D eigenvalue weighted by Gasteiger charge is -2.15. The van der Waals surface area contributed by atoms with Gasteiger partial charge in [-0.2, -0.15) is 5.10 Å². The van der Waals surface area contributed by atoms with E-state index in [4.69, 9.17) is 14.6 Å². The van der Waals surface area contributed by atoms with Crippen molar-refractivity contribution in [1.82, 2.24) is 14.8 Å². The number of phenolic OH excluding ortho intramolecular Hbond substituents is 1. The number of aromatic amines is 1. The number of allylic oxidation sites excluding steroid dienone is 1. The summed E-state index contributed by atoms with van der Waals surface area (Å²) in [4.78, 5) is 21.4. The number of aryl methyl sites for hydroxylation is 1. The highest BCUT2D eigenvalue weighted by Gasteiger charge is 2.20. The normalized spacial score (nSPS) is 10.4. The molecule has 1 heterocycles. The van der Waals surface area contributed by atoms with Gasteiger partial charge in [-0.1, -0.05) is 39.0 Å². The van der Waals surface area contributed by atoms with E-state index in [1.165, 1.54) is 11.5 Å². The van der Waals surface area contributed by atoms with Crippen LogP contribution in [0.4, 0.5) is 0 Å². The average molecular weight is 470 g/mol. The third-order valence-corrected chi connectivity index (χ3v) is 4.94. The number of aliphatic hydroxyl groups excluding tert-OH is 1. The van der Waals surface area contributed by atoms with Crippen molar-refractivity contribution in [3.63, 3.8) is 0 Å². The summed E-state index contributed by atoms with van der Waals surface area (Å²) in [6.45, 7) is 9.64. The van der Waals surface area contributed by atoms with Gasteiger partial charge in [-0.3, -0.25) is 0 Å². The van der Waals surface area contributed by atoms with E-state index in [0.29, 0.717) is 22.8 Å². The van der Waals surface area contributed by atoms with Crippen LogP contribution in [0.25, 0.3) is 23.2 Å². The van der Waals surface area contributed by atoms with Crippen LogP contribution in [0.5, 0.6) is 11.5 Å². The molecule has 1 aromatic heterocycles. The quantitative estimate of drug-likeness (QED) is 0.454. The minimum absolute atomic E-state index is 0.00436. The summed E-state index contributed by atoms with van der Waals surface area (Å²) in [6, 6.07) is 9.20. The summed E-state index contributed by atoms with van der Waals surface area (Å²) in [5.41, 5.74) is 3.87. The number of rotatable bonds is 6. The third-order valence-electron chi connectivity index (χ3n) is 4.94. The molecule has 0 bridgehead atoms. The second-order valence-corrected chi connectivity index (χ2v) is 7.54. The van der Waals surface area contributed by atoms with Gasteiger partial charge in [0.15, 0.2) is 5.82 Å². The molecule has 0 saturated heterocycles. The first-order valence-electron chi connectivity index (χ1n) is 11.0. The molecule has 0 aliphatic heterocycles. The number of aromatic hydroxyl groups is 1. The summed E-state index contributed by atoms with van der Waals surface area (Å²) in [7, 11) is 2.57. The van der Waals surface area contributed by atoms with Gasteiger partial charge in [0.25, 0.3) is 0 Å². The van der Waals surface area contributed by atoms with E-state index in [-0.39, 0.29) is 17.4 Å². The number of hydrogen-bond acceptors (Lipinski definition) is 6. The molecular formula is C26H35N3O5. The molecule has 0 aliphatic rings.